The van der Waals surface area contributed by atoms with Crippen LogP contribution in [0.25, 0.3) is 0 Å². The predicted molar refractivity (Wildman–Crippen MR) is 83.3 cm³/mol. The van der Waals surface area contributed by atoms with Crippen LogP contribution in [-0.2, 0) is 11.4 Å². The fraction of sp³-hybridized carbons (Fsp3) is 0.235. The summed E-state index contributed by atoms with van der Waals surface area (Å²) in [4.78, 5) is 12.1. The number of amides is 1. The Bertz CT molecular complexity index is 637. The first-order chi connectivity index (χ1) is 10.3. The highest BCUT2D eigenvalue weighted by atomic mass is 16.3. The fourth-order valence-electron chi connectivity index (χ4n) is 2.67. The molecule has 1 atom stereocenters. The smallest absolute Gasteiger partial charge is 0.225 e. The van der Waals surface area contributed by atoms with Gasteiger partial charge in [0.25, 0.3) is 0 Å². The van der Waals surface area contributed by atoms with Gasteiger partial charge in [0, 0.05) is 30.3 Å². The summed E-state index contributed by atoms with van der Waals surface area (Å²) in [6, 6.07) is 15.4. The van der Waals surface area contributed by atoms with Gasteiger partial charge in [-0.25, -0.2) is 0 Å². The number of nitrogens with one attached hydrogen (secondary N) is 2. The zero-order valence-electron chi connectivity index (χ0n) is 11.7. The van der Waals surface area contributed by atoms with Crippen molar-refractivity contribution in [1.29, 1.82) is 0 Å². The first-order valence-corrected chi connectivity index (χ1v) is 7.08. The van der Waals surface area contributed by atoms with Gasteiger partial charge < -0.3 is 15.7 Å². The van der Waals surface area contributed by atoms with Crippen LogP contribution >= 0.6 is 0 Å². The molecule has 1 heterocycles. The quantitative estimate of drug-likeness (QED) is 0.808. The van der Waals surface area contributed by atoms with Gasteiger partial charge in [-0.1, -0.05) is 30.3 Å². The van der Waals surface area contributed by atoms with Gasteiger partial charge in [-0.05, 0) is 29.3 Å². The maximum atomic E-state index is 12.1. The third-order valence-corrected chi connectivity index (χ3v) is 3.79. The van der Waals surface area contributed by atoms with E-state index in [9.17, 15) is 4.79 Å². The zero-order valence-corrected chi connectivity index (χ0v) is 11.7. The Morgan fingerprint density at radius 3 is 2.71 bits per heavy atom. The molecule has 1 amide bonds. The maximum absolute atomic E-state index is 12.1. The monoisotopic (exact) mass is 282 g/mol. The molecule has 3 rings (SSSR count). The number of hydrogen-bond acceptors (Lipinski definition) is 3. The molecule has 4 nitrogen and oxygen atoms in total. The molecule has 21 heavy (non-hydrogen) atoms. The number of anilines is 2. The van der Waals surface area contributed by atoms with Crippen molar-refractivity contribution in [1.82, 2.24) is 0 Å². The third kappa shape index (κ3) is 3.06. The third-order valence-electron chi connectivity index (χ3n) is 3.79. The van der Waals surface area contributed by atoms with E-state index in [2.05, 4.69) is 16.7 Å². The van der Waals surface area contributed by atoms with Crippen LogP contribution in [0, 0.1) is 0 Å². The standard InChI is InChI=1S/C17H18N2O2/c20-11-12-5-7-14(8-6-12)19-17(21)9-13-10-18-16-4-2-1-3-15(13)16/h1-8,13,18,20H,9-11H2,(H,19,21). The van der Waals surface area contributed by atoms with Gasteiger partial charge >= 0.3 is 0 Å². The Kier molecular flexibility index (Phi) is 3.88. The van der Waals surface area contributed by atoms with E-state index >= 15 is 0 Å². The Hall–Kier alpha value is -2.33. The molecule has 1 aliphatic heterocycles. The summed E-state index contributed by atoms with van der Waals surface area (Å²) in [5.41, 5.74) is 3.93. The van der Waals surface area contributed by atoms with Gasteiger partial charge in [0.05, 0.1) is 6.61 Å². The Labute approximate surface area is 123 Å². The Balaban J connectivity index is 1.62. The molecule has 3 N–H and O–H groups in total. The molecule has 0 fully saturated rings. The summed E-state index contributed by atoms with van der Waals surface area (Å²) >= 11 is 0. The molecular weight excluding hydrogens is 264 g/mol. The normalized spacial score (nSPS) is 16.1. The molecule has 0 saturated carbocycles. The van der Waals surface area contributed by atoms with Crippen LogP contribution < -0.4 is 10.6 Å². The van der Waals surface area contributed by atoms with Gasteiger partial charge in [0.2, 0.25) is 5.91 Å². The molecule has 0 radical (unpaired) electrons. The lowest BCUT2D eigenvalue weighted by Crippen LogP contribution is -2.16. The minimum absolute atomic E-state index is 0.00949. The van der Waals surface area contributed by atoms with E-state index in [1.807, 2.05) is 42.5 Å². The van der Waals surface area contributed by atoms with E-state index in [1.165, 1.54) is 5.56 Å². The molecule has 4 heteroatoms. The van der Waals surface area contributed by atoms with E-state index in [0.717, 1.165) is 23.5 Å². The minimum Gasteiger partial charge on any atom is -0.392 e. The fourth-order valence-corrected chi connectivity index (χ4v) is 2.67. The van der Waals surface area contributed by atoms with E-state index < -0.39 is 0 Å². The summed E-state index contributed by atoms with van der Waals surface area (Å²) < 4.78 is 0. The lowest BCUT2D eigenvalue weighted by molar-refractivity contribution is -0.116. The lowest BCUT2D eigenvalue weighted by atomic mass is 9.97. The number of aliphatic hydroxyl groups excluding tert-OH is 1. The number of fused-ring (bicyclic) bond motifs is 1. The highest BCUT2D eigenvalue weighted by Crippen LogP contribution is 2.33. The molecule has 2 aromatic rings. The summed E-state index contributed by atoms with van der Waals surface area (Å²) in [6.07, 6.45) is 0.464. The van der Waals surface area contributed by atoms with Gasteiger partial charge in [0.15, 0.2) is 0 Å². The van der Waals surface area contributed by atoms with Gasteiger partial charge in [-0.15, -0.1) is 0 Å². The van der Waals surface area contributed by atoms with Crippen LogP contribution in [0.1, 0.15) is 23.5 Å². The number of carbonyl (C=O) groups is 1. The second kappa shape index (κ2) is 5.97. The number of hydrogen-bond donors (Lipinski definition) is 3. The Morgan fingerprint density at radius 1 is 1.19 bits per heavy atom. The summed E-state index contributed by atoms with van der Waals surface area (Å²) in [7, 11) is 0. The van der Waals surface area contributed by atoms with Crippen LogP contribution in [0.2, 0.25) is 0 Å². The molecule has 0 bridgehead atoms. The van der Waals surface area contributed by atoms with Crippen LogP contribution in [0.5, 0.6) is 0 Å². The number of benzene rings is 2. The van der Waals surface area contributed by atoms with Gasteiger partial charge in [-0.3, -0.25) is 4.79 Å². The van der Waals surface area contributed by atoms with E-state index in [1.54, 1.807) is 0 Å². The van der Waals surface area contributed by atoms with E-state index in [4.69, 9.17) is 5.11 Å². The van der Waals surface area contributed by atoms with Crippen LogP contribution in [0.4, 0.5) is 11.4 Å². The molecule has 2 aromatic carbocycles. The largest absolute Gasteiger partial charge is 0.392 e. The van der Waals surface area contributed by atoms with Crippen molar-refractivity contribution in [3.8, 4) is 0 Å². The van der Waals surface area contributed by atoms with E-state index in [-0.39, 0.29) is 18.4 Å². The van der Waals surface area contributed by atoms with Crippen LogP contribution in [-0.4, -0.2) is 17.6 Å². The molecule has 108 valence electrons. The number of aliphatic hydroxyl groups is 1. The van der Waals surface area contributed by atoms with Gasteiger partial charge in [0.1, 0.15) is 0 Å². The van der Waals surface area contributed by atoms with Crippen LogP contribution in [0.3, 0.4) is 0 Å². The lowest BCUT2D eigenvalue weighted by Gasteiger charge is -2.11. The summed E-state index contributed by atoms with van der Waals surface area (Å²) in [5.74, 6) is 0.230. The van der Waals surface area contributed by atoms with E-state index in [0.29, 0.717) is 6.42 Å². The number of rotatable bonds is 4. The Morgan fingerprint density at radius 2 is 1.95 bits per heavy atom. The number of para-hydroxylation sites is 1. The van der Waals surface area contributed by atoms with Crippen molar-refractivity contribution in [3.05, 3.63) is 59.7 Å². The topological polar surface area (TPSA) is 61.4 Å². The SMILES string of the molecule is O=C(CC1CNc2ccccc21)Nc1ccc(CO)cc1. The van der Waals surface area contributed by atoms with Crippen LogP contribution in [0.15, 0.2) is 48.5 Å². The molecule has 0 aliphatic carbocycles. The maximum Gasteiger partial charge on any atom is 0.225 e. The molecular formula is C17H18N2O2. The average Bonchev–Trinajstić information content (AvgIpc) is 2.91. The highest BCUT2D eigenvalue weighted by Gasteiger charge is 2.23. The van der Waals surface area contributed by atoms with Crippen molar-refractivity contribution in [3.63, 3.8) is 0 Å². The summed E-state index contributed by atoms with van der Waals surface area (Å²) in [5, 5.41) is 15.2. The summed E-state index contributed by atoms with van der Waals surface area (Å²) in [6.45, 7) is 0.814. The van der Waals surface area contributed by atoms with Gasteiger partial charge in [-0.2, -0.15) is 0 Å². The molecule has 1 unspecified atom stereocenters. The highest BCUT2D eigenvalue weighted by molar-refractivity contribution is 5.91. The average molecular weight is 282 g/mol. The minimum atomic E-state index is 0.00949. The zero-order chi connectivity index (χ0) is 14.7. The first kappa shape index (κ1) is 13.6. The second-order valence-corrected chi connectivity index (χ2v) is 5.27. The first-order valence-electron chi connectivity index (χ1n) is 7.08. The second-order valence-electron chi connectivity index (χ2n) is 5.27. The number of carbonyl (C=O) groups excluding carboxylic acids is 1. The molecule has 0 aromatic heterocycles. The molecule has 1 aliphatic rings. The molecule has 0 saturated heterocycles. The van der Waals surface area contributed by atoms with Crippen molar-refractivity contribution in [2.45, 2.75) is 18.9 Å². The predicted octanol–water partition coefficient (Wildman–Crippen LogP) is 2.72. The van der Waals surface area contributed by atoms with Crippen molar-refractivity contribution >= 4 is 17.3 Å². The van der Waals surface area contributed by atoms with Crippen molar-refractivity contribution < 1.29 is 9.90 Å². The van der Waals surface area contributed by atoms with Crippen molar-refractivity contribution in [2.75, 3.05) is 17.2 Å². The van der Waals surface area contributed by atoms with Crippen molar-refractivity contribution in [2.24, 2.45) is 0 Å². The molecule has 0 spiro atoms.